The molecule has 0 radical (unpaired) electrons. The molecule has 33 heavy (non-hydrogen) atoms. The number of nitrogens with zero attached hydrogens (tertiary/aromatic N) is 2. The highest BCUT2D eigenvalue weighted by molar-refractivity contribution is 5.82. The van der Waals surface area contributed by atoms with E-state index in [0.717, 1.165) is 58.5 Å². The van der Waals surface area contributed by atoms with Gasteiger partial charge in [-0.25, -0.2) is 0 Å². The zero-order chi connectivity index (χ0) is 25.0. The molecular formula is C25H54N2O6. The van der Waals surface area contributed by atoms with Crippen LogP contribution in [0.15, 0.2) is 0 Å². The van der Waals surface area contributed by atoms with Crippen molar-refractivity contribution in [1.29, 1.82) is 0 Å². The second-order valence-corrected chi connectivity index (χ2v) is 9.00. The van der Waals surface area contributed by atoms with E-state index in [1.165, 1.54) is 0 Å². The van der Waals surface area contributed by atoms with Gasteiger partial charge in [-0.15, -0.1) is 0 Å². The van der Waals surface area contributed by atoms with Crippen LogP contribution < -0.4 is 0 Å². The zero-order valence-corrected chi connectivity index (χ0v) is 21.7. The van der Waals surface area contributed by atoms with E-state index in [2.05, 4.69) is 11.8 Å². The summed E-state index contributed by atoms with van der Waals surface area (Å²) >= 11 is 0. The smallest absolute Gasteiger partial charge is 0.311 e. The van der Waals surface area contributed by atoms with Crippen LogP contribution in [0.3, 0.4) is 0 Å². The van der Waals surface area contributed by atoms with Crippen molar-refractivity contribution in [2.45, 2.75) is 67.7 Å². The minimum atomic E-state index is -0.341. The molecule has 0 amide bonds. The van der Waals surface area contributed by atoms with Gasteiger partial charge in [0.25, 0.3) is 0 Å². The van der Waals surface area contributed by atoms with Crippen LogP contribution in [0.4, 0.5) is 0 Å². The Hall–Kier alpha value is -1.06. The lowest BCUT2D eigenvalue weighted by Gasteiger charge is -2.26. The Morgan fingerprint density at radius 1 is 1.09 bits per heavy atom. The lowest BCUT2D eigenvalue weighted by Crippen LogP contribution is -2.40. The molecule has 1 unspecified atom stereocenters. The summed E-state index contributed by atoms with van der Waals surface area (Å²) in [5, 5.41) is 16.2. The Bertz CT molecular complexity index is 462. The minimum Gasteiger partial charge on any atom is -0.464 e. The summed E-state index contributed by atoms with van der Waals surface area (Å²) in [6.45, 7) is 15.5. The van der Waals surface area contributed by atoms with E-state index in [1.807, 2.05) is 46.7 Å². The number of ether oxygens (including phenoxy) is 2. The fourth-order valence-corrected chi connectivity index (χ4v) is 2.25. The first-order valence-electron chi connectivity index (χ1n) is 11.9. The molecule has 0 aromatic rings. The highest BCUT2D eigenvalue weighted by Gasteiger charge is 2.26. The van der Waals surface area contributed by atoms with E-state index in [0.29, 0.717) is 18.9 Å². The second-order valence-electron chi connectivity index (χ2n) is 9.00. The first-order valence-corrected chi connectivity index (χ1v) is 11.9. The van der Waals surface area contributed by atoms with Gasteiger partial charge < -0.3 is 24.6 Å². The number of carbonyl (C=O) groups is 2. The first-order chi connectivity index (χ1) is 15.0. The molecule has 1 aliphatic rings. The van der Waals surface area contributed by atoms with Gasteiger partial charge in [-0.2, -0.15) is 0 Å². The van der Waals surface area contributed by atoms with E-state index >= 15 is 0 Å². The van der Waals surface area contributed by atoms with Gasteiger partial charge in [-0.1, -0.05) is 28.2 Å². The molecule has 1 rings (SSSR count). The van der Waals surface area contributed by atoms with Crippen LogP contribution in [0, 0.1) is 11.3 Å². The summed E-state index contributed by atoms with van der Waals surface area (Å²) < 4.78 is 10.3. The van der Waals surface area contributed by atoms with Crippen molar-refractivity contribution in [3.8, 4) is 0 Å². The second kappa shape index (κ2) is 22.7. The molecule has 0 saturated carbocycles. The molecule has 1 heterocycles. The zero-order valence-electron chi connectivity index (χ0n) is 21.7. The maximum Gasteiger partial charge on any atom is 0.311 e. The Morgan fingerprint density at radius 2 is 1.61 bits per heavy atom. The highest BCUT2D eigenvalue weighted by atomic mass is 16.5. The molecule has 1 aliphatic heterocycles. The highest BCUT2D eigenvalue weighted by Crippen LogP contribution is 2.21. The summed E-state index contributed by atoms with van der Waals surface area (Å²) in [5.74, 6) is 0.476. The van der Waals surface area contributed by atoms with Crippen molar-refractivity contribution in [3.05, 3.63) is 0 Å². The van der Waals surface area contributed by atoms with Crippen molar-refractivity contribution >= 4 is 11.8 Å². The van der Waals surface area contributed by atoms with Crippen LogP contribution in [0.25, 0.3) is 0 Å². The Balaban J connectivity index is -0.000000431. The van der Waals surface area contributed by atoms with E-state index in [1.54, 1.807) is 0 Å². The lowest BCUT2D eigenvalue weighted by atomic mass is 9.91. The van der Waals surface area contributed by atoms with Crippen LogP contribution in [-0.2, 0) is 19.1 Å². The van der Waals surface area contributed by atoms with Crippen molar-refractivity contribution in [2.75, 3.05) is 73.3 Å². The number of likely N-dealkylation sites (N-methyl/N-ethyl adjacent to an activating group) is 1. The molecule has 8 nitrogen and oxygen atoms in total. The molecule has 1 atom stereocenters. The van der Waals surface area contributed by atoms with Crippen LogP contribution in [0.2, 0.25) is 0 Å². The third-order valence-electron chi connectivity index (χ3n) is 5.42. The standard InChI is InChI=1S/C10H19NO2.C10H21NO2.C4H10O2.CH4/c1-3-9(2)10(12)8-11-4-6-13-7-5-11;1-6-10(2,3)9(12)13-8-7-11(4)5;5-3-1-2-4-6;/h9H,3-8H2,1-2H3;6-8H2,1-5H3;5-6H,1-4H2;1H4. The topological polar surface area (TPSA) is 99.5 Å². The Kier molecular flexibility index (Phi) is 25.1. The van der Waals surface area contributed by atoms with Gasteiger partial charge in [0.05, 0.1) is 25.2 Å². The molecule has 1 fully saturated rings. The number of aliphatic hydroxyl groups is 2. The van der Waals surface area contributed by atoms with Crippen molar-refractivity contribution in [1.82, 2.24) is 9.80 Å². The molecule has 200 valence electrons. The normalized spacial score (nSPS) is 14.7. The maximum atomic E-state index is 11.6. The number of hydrogen-bond acceptors (Lipinski definition) is 8. The Morgan fingerprint density at radius 3 is 2.00 bits per heavy atom. The molecular weight excluding hydrogens is 424 g/mol. The largest absolute Gasteiger partial charge is 0.464 e. The predicted octanol–water partition coefficient (Wildman–Crippen LogP) is 2.85. The van der Waals surface area contributed by atoms with Gasteiger partial charge in [0, 0.05) is 38.8 Å². The van der Waals surface area contributed by atoms with Crippen LogP contribution in [-0.4, -0.2) is 105 Å². The number of aliphatic hydroxyl groups excluding tert-OH is 2. The van der Waals surface area contributed by atoms with Crippen molar-refractivity contribution < 1.29 is 29.3 Å². The molecule has 0 spiro atoms. The molecule has 0 aromatic heterocycles. The van der Waals surface area contributed by atoms with Crippen LogP contribution in [0.5, 0.6) is 0 Å². The fraction of sp³-hybridized carbons (Fsp3) is 0.920. The quantitative estimate of drug-likeness (QED) is 0.326. The van der Waals surface area contributed by atoms with Crippen molar-refractivity contribution in [2.24, 2.45) is 11.3 Å². The third kappa shape index (κ3) is 21.2. The summed E-state index contributed by atoms with van der Waals surface area (Å²) in [6, 6.07) is 0. The summed E-state index contributed by atoms with van der Waals surface area (Å²) in [5.41, 5.74) is -0.341. The fourth-order valence-electron chi connectivity index (χ4n) is 2.25. The third-order valence-corrected chi connectivity index (χ3v) is 5.42. The number of esters is 1. The molecule has 0 bridgehead atoms. The average molecular weight is 479 g/mol. The van der Waals surface area contributed by atoms with Gasteiger partial charge in [-0.05, 0) is 53.6 Å². The predicted molar refractivity (Wildman–Crippen MR) is 135 cm³/mol. The maximum absolute atomic E-state index is 11.6. The van der Waals surface area contributed by atoms with Crippen LogP contribution >= 0.6 is 0 Å². The molecule has 0 aliphatic carbocycles. The number of Topliss-reactive ketones (excluding diaryl/α,β-unsaturated/α-hetero) is 1. The summed E-state index contributed by atoms with van der Waals surface area (Å²) in [6.07, 6.45) is 3.20. The molecule has 1 saturated heterocycles. The first kappa shape index (κ1) is 36.5. The molecule has 8 heteroatoms. The monoisotopic (exact) mass is 478 g/mol. The number of carbonyl (C=O) groups excluding carboxylic acids is 2. The number of hydrogen-bond donors (Lipinski definition) is 2. The number of rotatable bonds is 12. The van der Waals surface area contributed by atoms with Gasteiger partial charge in [0.15, 0.2) is 0 Å². The van der Waals surface area contributed by atoms with Crippen molar-refractivity contribution in [3.63, 3.8) is 0 Å². The lowest BCUT2D eigenvalue weighted by molar-refractivity contribution is -0.154. The number of ketones is 1. The summed E-state index contributed by atoms with van der Waals surface area (Å²) in [4.78, 5) is 27.2. The summed E-state index contributed by atoms with van der Waals surface area (Å²) in [7, 11) is 3.91. The van der Waals surface area contributed by atoms with Gasteiger partial charge in [0.2, 0.25) is 0 Å². The van der Waals surface area contributed by atoms with E-state index in [9.17, 15) is 9.59 Å². The van der Waals surface area contributed by atoms with Gasteiger partial charge in [-0.3, -0.25) is 14.5 Å². The van der Waals surface area contributed by atoms with E-state index in [4.69, 9.17) is 19.7 Å². The SMILES string of the molecule is C.CCC(C)(C)C(=O)OCCN(C)C.CCC(C)C(=O)CN1CCOCC1.OCCCCO. The van der Waals surface area contributed by atoms with E-state index < -0.39 is 0 Å². The minimum absolute atomic E-state index is 0. The Labute approximate surface area is 203 Å². The van der Waals surface area contributed by atoms with Gasteiger partial charge in [0.1, 0.15) is 12.4 Å². The van der Waals surface area contributed by atoms with Crippen LogP contribution in [0.1, 0.15) is 67.7 Å². The van der Waals surface area contributed by atoms with E-state index in [-0.39, 0.29) is 37.9 Å². The number of morpholine rings is 1. The van der Waals surface area contributed by atoms with Gasteiger partial charge >= 0.3 is 5.97 Å². The number of unbranched alkanes of at least 4 members (excludes halogenated alkanes) is 1. The molecule has 2 N–H and O–H groups in total. The molecule has 0 aromatic carbocycles. The average Bonchev–Trinajstić information content (AvgIpc) is 2.78.